The van der Waals surface area contributed by atoms with Crippen molar-refractivity contribution in [3.8, 4) is 0 Å². The fourth-order valence-corrected chi connectivity index (χ4v) is 2.68. The van der Waals surface area contributed by atoms with Gasteiger partial charge >= 0.3 is 0 Å². The van der Waals surface area contributed by atoms with E-state index in [1.807, 2.05) is 0 Å². The molecule has 0 aliphatic rings. The van der Waals surface area contributed by atoms with Crippen LogP contribution in [0.1, 0.15) is 97.8 Å². The third-order valence-corrected chi connectivity index (χ3v) is 3.89. The SMILES string of the molecule is CCCCCCC(CCCCCC)=C(CCC)C(N)=O. The Labute approximate surface area is 126 Å². The minimum Gasteiger partial charge on any atom is -0.366 e. The summed E-state index contributed by atoms with van der Waals surface area (Å²) in [6.07, 6.45) is 14.1. The summed E-state index contributed by atoms with van der Waals surface area (Å²) in [4.78, 5) is 11.7. The van der Waals surface area contributed by atoms with Gasteiger partial charge in [0.05, 0.1) is 0 Å². The van der Waals surface area contributed by atoms with Crippen LogP contribution >= 0.6 is 0 Å². The normalized spacial score (nSPS) is 10.6. The minimum absolute atomic E-state index is 0.187. The van der Waals surface area contributed by atoms with E-state index in [0.29, 0.717) is 0 Å². The standard InChI is InChI=1S/C18H35NO/c1-4-7-9-11-14-16(15-12-10-8-5-2)17(13-6-3)18(19)20/h4-15H2,1-3H3,(H2,19,20). The first kappa shape index (κ1) is 19.2. The Bertz CT molecular complexity index is 267. The van der Waals surface area contributed by atoms with Gasteiger partial charge in [-0.1, -0.05) is 71.3 Å². The van der Waals surface area contributed by atoms with Crippen molar-refractivity contribution in [3.05, 3.63) is 11.1 Å². The molecule has 0 unspecified atom stereocenters. The fraction of sp³-hybridized carbons (Fsp3) is 0.833. The molecule has 0 aromatic heterocycles. The molecule has 2 nitrogen and oxygen atoms in total. The third kappa shape index (κ3) is 9.17. The Morgan fingerprint density at radius 2 is 1.20 bits per heavy atom. The number of hydrogen-bond donors (Lipinski definition) is 1. The highest BCUT2D eigenvalue weighted by Gasteiger charge is 2.11. The molecule has 0 fully saturated rings. The average Bonchev–Trinajstić information content (AvgIpc) is 2.43. The maximum Gasteiger partial charge on any atom is 0.244 e. The maximum atomic E-state index is 11.7. The molecule has 0 aromatic rings. The molecule has 0 radical (unpaired) electrons. The van der Waals surface area contributed by atoms with E-state index in [1.165, 1.54) is 56.9 Å². The Balaban J connectivity index is 4.55. The zero-order valence-electron chi connectivity index (χ0n) is 14.0. The van der Waals surface area contributed by atoms with Crippen LogP contribution in [0.5, 0.6) is 0 Å². The molecular weight excluding hydrogens is 246 g/mol. The number of hydrogen-bond acceptors (Lipinski definition) is 1. The monoisotopic (exact) mass is 281 g/mol. The summed E-state index contributed by atoms with van der Waals surface area (Å²) < 4.78 is 0. The number of allylic oxidation sites excluding steroid dienone is 1. The Morgan fingerprint density at radius 3 is 1.55 bits per heavy atom. The number of carbonyl (C=O) groups excluding carboxylic acids is 1. The lowest BCUT2D eigenvalue weighted by molar-refractivity contribution is -0.114. The molecule has 0 saturated carbocycles. The van der Waals surface area contributed by atoms with E-state index in [4.69, 9.17) is 5.73 Å². The molecule has 0 aliphatic carbocycles. The lowest BCUT2D eigenvalue weighted by Crippen LogP contribution is -2.16. The van der Waals surface area contributed by atoms with Crippen molar-refractivity contribution in [1.82, 2.24) is 0 Å². The van der Waals surface area contributed by atoms with Gasteiger partial charge in [0.25, 0.3) is 0 Å². The van der Waals surface area contributed by atoms with Crippen LogP contribution in [0.25, 0.3) is 0 Å². The van der Waals surface area contributed by atoms with Crippen LogP contribution < -0.4 is 5.73 Å². The molecule has 2 heteroatoms. The first-order valence-electron chi connectivity index (χ1n) is 8.67. The molecule has 0 aliphatic heterocycles. The quantitative estimate of drug-likeness (QED) is 0.351. The van der Waals surface area contributed by atoms with Crippen LogP contribution in [0.2, 0.25) is 0 Å². The number of amides is 1. The lowest BCUT2D eigenvalue weighted by atomic mass is 9.93. The largest absolute Gasteiger partial charge is 0.366 e. The molecule has 0 bridgehead atoms. The molecule has 2 N–H and O–H groups in total. The number of unbranched alkanes of at least 4 members (excludes halogenated alkanes) is 6. The Hall–Kier alpha value is -0.790. The van der Waals surface area contributed by atoms with Crippen LogP contribution in [0.15, 0.2) is 11.1 Å². The smallest absolute Gasteiger partial charge is 0.244 e. The molecular formula is C18H35NO. The molecule has 0 atom stereocenters. The molecule has 0 spiro atoms. The minimum atomic E-state index is -0.187. The molecule has 118 valence electrons. The molecule has 0 rings (SSSR count). The topological polar surface area (TPSA) is 43.1 Å². The highest BCUT2D eigenvalue weighted by atomic mass is 16.1. The van der Waals surface area contributed by atoms with E-state index in [2.05, 4.69) is 20.8 Å². The Morgan fingerprint density at radius 1 is 0.700 bits per heavy atom. The summed E-state index contributed by atoms with van der Waals surface area (Å²) >= 11 is 0. The molecule has 1 amide bonds. The average molecular weight is 281 g/mol. The summed E-state index contributed by atoms with van der Waals surface area (Å²) in [7, 11) is 0. The van der Waals surface area contributed by atoms with Gasteiger partial charge in [0.15, 0.2) is 0 Å². The van der Waals surface area contributed by atoms with Gasteiger partial charge in [-0.2, -0.15) is 0 Å². The highest BCUT2D eigenvalue weighted by molar-refractivity contribution is 5.92. The van der Waals surface area contributed by atoms with Crippen LogP contribution in [-0.2, 0) is 4.79 Å². The van der Waals surface area contributed by atoms with Gasteiger partial charge < -0.3 is 5.73 Å². The predicted octanol–water partition coefficient (Wildman–Crippen LogP) is 5.51. The van der Waals surface area contributed by atoms with Crippen molar-refractivity contribution in [2.45, 2.75) is 97.8 Å². The van der Waals surface area contributed by atoms with Gasteiger partial charge in [0.2, 0.25) is 5.91 Å². The second-order valence-corrected chi connectivity index (χ2v) is 5.82. The van der Waals surface area contributed by atoms with Crippen LogP contribution in [0.4, 0.5) is 0 Å². The maximum absolute atomic E-state index is 11.7. The van der Waals surface area contributed by atoms with Gasteiger partial charge in [-0.25, -0.2) is 0 Å². The van der Waals surface area contributed by atoms with Crippen molar-refractivity contribution in [2.24, 2.45) is 5.73 Å². The van der Waals surface area contributed by atoms with Crippen molar-refractivity contribution in [1.29, 1.82) is 0 Å². The van der Waals surface area contributed by atoms with Gasteiger partial charge in [-0.3, -0.25) is 4.79 Å². The predicted molar refractivity (Wildman–Crippen MR) is 88.6 cm³/mol. The van der Waals surface area contributed by atoms with E-state index >= 15 is 0 Å². The molecule has 0 saturated heterocycles. The second kappa shape index (κ2) is 13.2. The first-order chi connectivity index (χ1) is 9.67. The van der Waals surface area contributed by atoms with E-state index in [-0.39, 0.29) is 5.91 Å². The van der Waals surface area contributed by atoms with Crippen molar-refractivity contribution in [2.75, 3.05) is 0 Å². The van der Waals surface area contributed by atoms with Gasteiger partial charge in [0, 0.05) is 5.57 Å². The Kier molecular flexibility index (Phi) is 12.7. The second-order valence-electron chi connectivity index (χ2n) is 5.82. The number of rotatable bonds is 13. The molecule has 0 aromatic carbocycles. The zero-order chi connectivity index (χ0) is 15.2. The molecule has 20 heavy (non-hydrogen) atoms. The third-order valence-electron chi connectivity index (χ3n) is 3.89. The first-order valence-corrected chi connectivity index (χ1v) is 8.67. The number of primary amides is 1. The van der Waals surface area contributed by atoms with E-state index in [9.17, 15) is 4.79 Å². The summed E-state index contributed by atoms with van der Waals surface area (Å²) in [5.74, 6) is -0.187. The summed E-state index contributed by atoms with van der Waals surface area (Å²) in [5.41, 5.74) is 7.87. The van der Waals surface area contributed by atoms with Gasteiger partial charge in [-0.05, 0) is 32.1 Å². The number of carbonyl (C=O) groups is 1. The van der Waals surface area contributed by atoms with Gasteiger partial charge in [0.1, 0.15) is 0 Å². The lowest BCUT2D eigenvalue weighted by Gasteiger charge is -2.13. The van der Waals surface area contributed by atoms with Crippen molar-refractivity contribution in [3.63, 3.8) is 0 Å². The van der Waals surface area contributed by atoms with E-state index < -0.39 is 0 Å². The number of nitrogens with two attached hydrogens (primary N) is 1. The van der Waals surface area contributed by atoms with E-state index in [0.717, 1.165) is 31.3 Å². The summed E-state index contributed by atoms with van der Waals surface area (Å²) in [5, 5.41) is 0. The zero-order valence-corrected chi connectivity index (χ0v) is 14.0. The van der Waals surface area contributed by atoms with Gasteiger partial charge in [-0.15, -0.1) is 0 Å². The van der Waals surface area contributed by atoms with Crippen molar-refractivity contribution < 1.29 is 4.79 Å². The van der Waals surface area contributed by atoms with Crippen LogP contribution in [0, 0.1) is 0 Å². The van der Waals surface area contributed by atoms with Crippen molar-refractivity contribution >= 4 is 5.91 Å². The van der Waals surface area contributed by atoms with E-state index in [1.54, 1.807) is 0 Å². The fourth-order valence-electron chi connectivity index (χ4n) is 2.68. The molecule has 0 heterocycles. The summed E-state index contributed by atoms with van der Waals surface area (Å²) in [6, 6.07) is 0. The van der Waals surface area contributed by atoms with Crippen LogP contribution in [0.3, 0.4) is 0 Å². The summed E-state index contributed by atoms with van der Waals surface area (Å²) in [6.45, 7) is 6.58. The highest BCUT2D eigenvalue weighted by Crippen LogP contribution is 2.23. The van der Waals surface area contributed by atoms with Crippen LogP contribution in [-0.4, -0.2) is 5.91 Å².